The van der Waals surface area contributed by atoms with Crippen LogP contribution in [0.2, 0.25) is 0 Å². The molecule has 0 spiro atoms. The number of carbonyl (C=O) groups excluding carboxylic acids is 1. The van der Waals surface area contributed by atoms with E-state index in [9.17, 15) is 4.79 Å². The molecule has 0 bridgehead atoms. The highest BCUT2D eigenvalue weighted by molar-refractivity contribution is 5.81. The number of nitrogens with zero attached hydrogens (tertiary/aromatic N) is 2. The molecule has 0 aliphatic carbocycles. The molecular formula is C14H31N3O2. The molecule has 0 saturated heterocycles. The van der Waals surface area contributed by atoms with E-state index < -0.39 is 6.04 Å². The van der Waals surface area contributed by atoms with Crippen molar-refractivity contribution >= 4 is 5.91 Å². The van der Waals surface area contributed by atoms with Crippen LogP contribution in [0.5, 0.6) is 0 Å². The van der Waals surface area contributed by atoms with Gasteiger partial charge in [0.15, 0.2) is 0 Å². The van der Waals surface area contributed by atoms with Crippen LogP contribution >= 0.6 is 0 Å². The second-order valence-electron chi connectivity index (χ2n) is 5.71. The predicted octanol–water partition coefficient (Wildman–Crippen LogP) is 0.787. The van der Waals surface area contributed by atoms with Gasteiger partial charge in [-0.3, -0.25) is 4.79 Å². The van der Waals surface area contributed by atoms with Gasteiger partial charge in [0.2, 0.25) is 5.91 Å². The molecule has 0 fully saturated rings. The molecule has 0 aliphatic rings. The van der Waals surface area contributed by atoms with Crippen LogP contribution in [0.4, 0.5) is 0 Å². The fraction of sp³-hybridized carbons (Fsp3) is 0.929. The first-order valence-corrected chi connectivity index (χ1v) is 7.06. The molecule has 5 nitrogen and oxygen atoms in total. The molecule has 19 heavy (non-hydrogen) atoms. The van der Waals surface area contributed by atoms with Gasteiger partial charge in [0.25, 0.3) is 0 Å². The molecule has 5 heteroatoms. The number of ether oxygens (including phenoxy) is 1. The Morgan fingerprint density at radius 3 is 2.32 bits per heavy atom. The van der Waals surface area contributed by atoms with E-state index in [1.165, 1.54) is 0 Å². The summed E-state index contributed by atoms with van der Waals surface area (Å²) in [4.78, 5) is 16.2. The fourth-order valence-electron chi connectivity index (χ4n) is 1.95. The third kappa shape index (κ3) is 8.97. The Balaban J connectivity index is 4.33. The highest BCUT2D eigenvalue weighted by Gasteiger charge is 2.21. The van der Waals surface area contributed by atoms with Crippen LogP contribution < -0.4 is 5.73 Å². The van der Waals surface area contributed by atoms with Crippen molar-refractivity contribution in [3.63, 3.8) is 0 Å². The molecule has 1 unspecified atom stereocenters. The van der Waals surface area contributed by atoms with Gasteiger partial charge in [0, 0.05) is 20.2 Å². The van der Waals surface area contributed by atoms with Crippen molar-refractivity contribution in [3.8, 4) is 0 Å². The maximum atomic E-state index is 12.3. The Hall–Kier alpha value is -0.650. The monoisotopic (exact) mass is 273 g/mol. The molecule has 1 amide bonds. The van der Waals surface area contributed by atoms with Crippen molar-refractivity contribution < 1.29 is 9.53 Å². The van der Waals surface area contributed by atoms with Crippen molar-refractivity contribution in [2.75, 3.05) is 47.4 Å². The van der Waals surface area contributed by atoms with Crippen LogP contribution in [0.25, 0.3) is 0 Å². The Labute approximate surface area is 118 Å². The first-order chi connectivity index (χ1) is 8.88. The first kappa shape index (κ1) is 18.4. The SMILES string of the molecule is COCCN(CCCN(C)C)C(=O)C(N)CC(C)C. The van der Waals surface area contributed by atoms with Gasteiger partial charge >= 0.3 is 0 Å². The summed E-state index contributed by atoms with van der Waals surface area (Å²) < 4.78 is 5.07. The molecule has 0 heterocycles. The van der Waals surface area contributed by atoms with Crippen LogP contribution in [0.1, 0.15) is 26.7 Å². The first-order valence-electron chi connectivity index (χ1n) is 7.06. The van der Waals surface area contributed by atoms with Gasteiger partial charge in [-0.25, -0.2) is 0 Å². The number of rotatable bonds is 10. The van der Waals surface area contributed by atoms with Gasteiger partial charge in [-0.1, -0.05) is 13.8 Å². The van der Waals surface area contributed by atoms with E-state index in [1.807, 2.05) is 19.0 Å². The van der Waals surface area contributed by atoms with Gasteiger partial charge in [0.05, 0.1) is 12.6 Å². The third-order valence-electron chi connectivity index (χ3n) is 2.95. The molecule has 2 N–H and O–H groups in total. The smallest absolute Gasteiger partial charge is 0.239 e. The Kier molecular flexibility index (Phi) is 9.83. The lowest BCUT2D eigenvalue weighted by atomic mass is 10.0. The van der Waals surface area contributed by atoms with Crippen LogP contribution in [-0.4, -0.2) is 69.2 Å². The topological polar surface area (TPSA) is 58.8 Å². The Bertz CT molecular complexity index is 245. The van der Waals surface area contributed by atoms with Crippen molar-refractivity contribution in [2.45, 2.75) is 32.7 Å². The second kappa shape index (κ2) is 10.2. The number of hydrogen-bond donors (Lipinski definition) is 1. The number of hydrogen-bond acceptors (Lipinski definition) is 4. The molecule has 114 valence electrons. The predicted molar refractivity (Wildman–Crippen MR) is 79.1 cm³/mol. The minimum absolute atomic E-state index is 0.0458. The van der Waals surface area contributed by atoms with Crippen LogP contribution in [0, 0.1) is 5.92 Å². The summed E-state index contributed by atoms with van der Waals surface area (Å²) in [5.41, 5.74) is 5.98. The van der Waals surface area contributed by atoms with E-state index in [4.69, 9.17) is 10.5 Å². The van der Waals surface area contributed by atoms with E-state index in [1.54, 1.807) is 7.11 Å². The van der Waals surface area contributed by atoms with Gasteiger partial charge < -0.3 is 20.3 Å². The van der Waals surface area contributed by atoms with Crippen LogP contribution in [0.15, 0.2) is 0 Å². The van der Waals surface area contributed by atoms with E-state index >= 15 is 0 Å². The average molecular weight is 273 g/mol. The summed E-state index contributed by atoms with van der Waals surface area (Å²) in [6.45, 7) is 7.05. The van der Waals surface area contributed by atoms with Crippen LogP contribution in [-0.2, 0) is 9.53 Å². The molecule has 0 aromatic heterocycles. The van der Waals surface area contributed by atoms with E-state index in [-0.39, 0.29) is 5.91 Å². The number of methoxy groups -OCH3 is 1. The molecule has 0 radical (unpaired) electrons. The minimum Gasteiger partial charge on any atom is -0.383 e. The molecule has 1 atom stereocenters. The van der Waals surface area contributed by atoms with Crippen molar-refractivity contribution in [2.24, 2.45) is 11.7 Å². The zero-order valence-corrected chi connectivity index (χ0v) is 13.2. The standard InChI is InChI=1S/C14H31N3O2/c1-12(2)11-13(15)14(18)17(9-10-19-5)8-6-7-16(3)4/h12-13H,6-11,15H2,1-5H3. The lowest BCUT2D eigenvalue weighted by molar-refractivity contribution is -0.133. The molecule has 0 aromatic rings. The molecule has 0 rings (SSSR count). The Morgan fingerprint density at radius 2 is 1.84 bits per heavy atom. The minimum atomic E-state index is -0.392. The number of carbonyl (C=O) groups is 1. The van der Waals surface area contributed by atoms with E-state index in [0.29, 0.717) is 19.1 Å². The van der Waals surface area contributed by atoms with E-state index in [0.717, 1.165) is 25.9 Å². The van der Waals surface area contributed by atoms with Gasteiger partial charge in [-0.05, 0) is 39.4 Å². The third-order valence-corrected chi connectivity index (χ3v) is 2.95. The summed E-state index contributed by atoms with van der Waals surface area (Å²) in [5, 5.41) is 0. The lowest BCUT2D eigenvalue weighted by Gasteiger charge is -2.26. The molecule has 0 aliphatic heterocycles. The maximum absolute atomic E-state index is 12.3. The highest BCUT2D eigenvalue weighted by atomic mass is 16.5. The quantitative estimate of drug-likeness (QED) is 0.639. The number of amides is 1. The number of nitrogens with two attached hydrogens (primary N) is 1. The summed E-state index contributed by atoms with van der Waals surface area (Å²) in [7, 11) is 5.72. The Morgan fingerprint density at radius 1 is 1.21 bits per heavy atom. The van der Waals surface area contributed by atoms with Crippen LogP contribution in [0.3, 0.4) is 0 Å². The summed E-state index contributed by atoms with van der Waals surface area (Å²) in [6, 6.07) is -0.392. The van der Waals surface area contributed by atoms with Gasteiger partial charge in [0.1, 0.15) is 0 Å². The molecule has 0 saturated carbocycles. The zero-order chi connectivity index (χ0) is 14.8. The van der Waals surface area contributed by atoms with E-state index in [2.05, 4.69) is 18.7 Å². The van der Waals surface area contributed by atoms with Gasteiger partial charge in [-0.15, -0.1) is 0 Å². The van der Waals surface area contributed by atoms with Crippen molar-refractivity contribution in [3.05, 3.63) is 0 Å². The molecule has 0 aromatic carbocycles. The summed E-state index contributed by atoms with van der Waals surface area (Å²) >= 11 is 0. The van der Waals surface area contributed by atoms with Crippen molar-refractivity contribution in [1.82, 2.24) is 9.80 Å². The summed E-state index contributed by atoms with van der Waals surface area (Å²) in [6.07, 6.45) is 1.69. The van der Waals surface area contributed by atoms with Crippen molar-refractivity contribution in [1.29, 1.82) is 0 Å². The second-order valence-corrected chi connectivity index (χ2v) is 5.71. The maximum Gasteiger partial charge on any atom is 0.239 e. The average Bonchev–Trinajstić information content (AvgIpc) is 2.31. The largest absolute Gasteiger partial charge is 0.383 e. The molecular weight excluding hydrogens is 242 g/mol. The zero-order valence-electron chi connectivity index (χ0n) is 13.2. The fourth-order valence-corrected chi connectivity index (χ4v) is 1.95. The highest BCUT2D eigenvalue weighted by Crippen LogP contribution is 2.06. The lowest BCUT2D eigenvalue weighted by Crippen LogP contribution is -2.46. The van der Waals surface area contributed by atoms with Gasteiger partial charge in [-0.2, -0.15) is 0 Å². The normalized spacial score (nSPS) is 13.1. The summed E-state index contributed by atoms with van der Waals surface area (Å²) in [5.74, 6) is 0.481.